The van der Waals surface area contributed by atoms with E-state index in [0.717, 1.165) is 31.9 Å². The monoisotopic (exact) mass is 611 g/mol. The van der Waals surface area contributed by atoms with Gasteiger partial charge in [0.2, 0.25) is 0 Å². The van der Waals surface area contributed by atoms with E-state index in [1.165, 1.54) is 24.3 Å². The molecule has 1 aliphatic heterocycles. The Kier molecular flexibility index (Phi) is 7.39. The van der Waals surface area contributed by atoms with E-state index in [1.54, 1.807) is 13.2 Å². The molecule has 1 N–H and O–H groups in total. The number of nitro groups is 1. The molecule has 188 valence electrons. The van der Waals surface area contributed by atoms with Crippen molar-refractivity contribution in [3.8, 4) is 5.75 Å². The maximum Gasteiger partial charge on any atom is 0.335 e. The SMILES string of the molecule is COc1cc(/C=C2\C(=O)NC(=O)N(c3cccc([N+](=O)[O-])c3)C2=O)cc(I)c1Cc1cc(C)cc(C)c1. The smallest absolute Gasteiger partial charge is 0.335 e. The molecule has 37 heavy (non-hydrogen) atoms. The van der Waals surface area contributed by atoms with E-state index in [0.29, 0.717) is 22.6 Å². The van der Waals surface area contributed by atoms with Crippen molar-refractivity contribution in [1.82, 2.24) is 5.32 Å². The standard InChI is InChI=1S/C27H22IN3O6/c1-15-7-16(2)9-17(8-15)10-21-23(28)12-18(13-24(21)37-3)11-22-25(32)29-27(34)30(26(22)33)19-5-4-6-20(14-19)31(35)36/h4-9,11-14H,10H2,1-3H3,(H,29,32,34)/b22-11+. The Morgan fingerprint density at radius 1 is 1.05 bits per heavy atom. The quantitative estimate of drug-likeness (QED) is 0.137. The van der Waals surface area contributed by atoms with Gasteiger partial charge >= 0.3 is 6.03 Å². The summed E-state index contributed by atoms with van der Waals surface area (Å²) in [6.07, 6.45) is 2.01. The lowest BCUT2D eigenvalue weighted by Crippen LogP contribution is -2.54. The molecule has 1 saturated heterocycles. The van der Waals surface area contributed by atoms with Crippen LogP contribution < -0.4 is 15.0 Å². The van der Waals surface area contributed by atoms with Crippen LogP contribution in [0.15, 0.2) is 60.2 Å². The molecule has 0 aromatic heterocycles. The first-order chi connectivity index (χ1) is 17.6. The van der Waals surface area contributed by atoms with Crippen LogP contribution >= 0.6 is 22.6 Å². The number of nitrogens with zero attached hydrogens (tertiary/aromatic N) is 2. The Balaban J connectivity index is 1.71. The van der Waals surface area contributed by atoms with Crippen LogP contribution in [0.2, 0.25) is 0 Å². The number of benzene rings is 3. The van der Waals surface area contributed by atoms with Gasteiger partial charge in [-0.25, -0.2) is 9.69 Å². The Labute approximate surface area is 226 Å². The molecule has 4 rings (SSSR count). The number of amides is 4. The molecular weight excluding hydrogens is 589 g/mol. The predicted molar refractivity (Wildman–Crippen MR) is 147 cm³/mol. The number of carbonyl (C=O) groups excluding carboxylic acids is 3. The van der Waals surface area contributed by atoms with Gasteiger partial charge in [-0.05, 0) is 71.8 Å². The summed E-state index contributed by atoms with van der Waals surface area (Å²) in [5, 5.41) is 13.3. The Morgan fingerprint density at radius 2 is 1.76 bits per heavy atom. The molecule has 9 nitrogen and oxygen atoms in total. The van der Waals surface area contributed by atoms with Crippen molar-refractivity contribution in [3.63, 3.8) is 0 Å². The van der Waals surface area contributed by atoms with Crippen LogP contribution in [-0.2, 0) is 16.0 Å². The maximum absolute atomic E-state index is 13.2. The van der Waals surface area contributed by atoms with Gasteiger partial charge in [-0.1, -0.05) is 35.4 Å². The lowest BCUT2D eigenvalue weighted by molar-refractivity contribution is -0.384. The minimum absolute atomic E-state index is 0.0222. The van der Waals surface area contributed by atoms with E-state index in [1.807, 2.05) is 19.9 Å². The van der Waals surface area contributed by atoms with E-state index >= 15 is 0 Å². The highest BCUT2D eigenvalue weighted by atomic mass is 127. The number of imide groups is 2. The second kappa shape index (κ2) is 10.5. The fourth-order valence-electron chi connectivity index (χ4n) is 4.25. The highest BCUT2D eigenvalue weighted by Gasteiger charge is 2.37. The van der Waals surface area contributed by atoms with Crippen molar-refractivity contribution in [3.05, 3.63) is 102 Å². The van der Waals surface area contributed by atoms with Crippen molar-refractivity contribution in [1.29, 1.82) is 0 Å². The minimum atomic E-state index is -0.983. The lowest BCUT2D eigenvalue weighted by Gasteiger charge is -2.26. The van der Waals surface area contributed by atoms with Gasteiger partial charge in [0.05, 0.1) is 17.7 Å². The van der Waals surface area contributed by atoms with Gasteiger partial charge in [0.15, 0.2) is 0 Å². The molecule has 10 heteroatoms. The number of ether oxygens (including phenoxy) is 1. The summed E-state index contributed by atoms with van der Waals surface area (Å²) in [6.45, 7) is 4.09. The van der Waals surface area contributed by atoms with E-state index in [4.69, 9.17) is 4.74 Å². The van der Waals surface area contributed by atoms with Crippen molar-refractivity contribution in [2.24, 2.45) is 0 Å². The molecule has 0 radical (unpaired) electrons. The molecule has 4 amide bonds. The molecule has 1 heterocycles. The number of nitrogens with one attached hydrogen (secondary N) is 1. The fourth-order valence-corrected chi connectivity index (χ4v) is 5.06. The van der Waals surface area contributed by atoms with Crippen molar-refractivity contribution in [2.75, 3.05) is 12.0 Å². The van der Waals surface area contributed by atoms with Gasteiger partial charge in [-0.2, -0.15) is 0 Å². The van der Waals surface area contributed by atoms with Gasteiger partial charge in [0.1, 0.15) is 11.3 Å². The van der Waals surface area contributed by atoms with Gasteiger partial charge < -0.3 is 4.74 Å². The number of anilines is 1. The molecule has 3 aromatic carbocycles. The summed E-state index contributed by atoms with van der Waals surface area (Å²) in [5.74, 6) is -1.15. The molecule has 0 saturated carbocycles. The van der Waals surface area contributed by atoms with Crippen molar-refractivity contribution >= 4 is 57.9 Å². The predicted octanol–water partition coefficient (Wildman–Crippen LogP) is 5.08. The van der Waals surface area contributed by atoms with Gasteiger partial charge in [-0.3, -0.25) is 25.0 Å². The van der Waals surface area contributed by atoms with Crippen molar-refractivity contribution < 1.29 is 24.0 Å². The van der Waals surface area contributed by atoms with E-state index in [2.05, 4.69) is 46.1 Å². The normalized spacial score (nSPS) is 14.6. The Bertz CT molecular complexity index is 1480. The Morgan fingerprint density at radius 3 is 2.41 bits per heavy atom. The average Bonchev–Trinajstić information content (AvgIpc) is 2.82. The van der Waals surface area contributed by atoms with E-state index < -0.39 is 22.8 Å². The van der Waals surface area contributed by atoms with Gasteiger partial charge in [0, 0.05) is 27.7 Å². The first-order valence-electron chi connectivity index (χ1n) is 11.2. The largest absolute Gasteiger partial charge is 0.496 e. The zero-order valence-electron chi connectivity index (χ0n) is 20.2. The molecule has 0 spiro atoms. The van der Waals surface area contributed by atoms with Crippen LogP contribution in [0.25, 0.3) is 6.08 Å². The topological polar surface area (TPSA) is 119 Å². The molecule has 3 aromatic rings. The third-order valence-corrected chi connectivity index (χ3v) is 6.73. The number of methoxy groups -OCH3 is 1. The Hall–Kier alpha value is -4.06. The number of carbonyl (C=O) groups is 3. The summed E-state index contributed by atoms with van der Waals surface area (Å²) in [4.78, 5) is 49.5. The summed E-state index contributed by atoms with van der Waals surface area (Å²) in [7, 11) is 1.55. The number of hydrogen-bond donors (Lipinski definition) is 1. The maximum atomic E-state index is 13.2. The zero-order chi connectivity index (χ0) is 26.9. The number of halogens is 1. The molecule has 0 bridgehead atoms. The third-order valence-electron chi connectivity index (χ3n) is 5.77. The van der Waals surface area contributed by atoms with E-state index in [9.17, 15) is 24.5 Å². The number of barbiturate groups is 1. The summed E-state index contributed by atoms with van der Waals surface area (Å²) >= 11 is 2.19. The number of nitro benzene ring substituents is 1. The number of non-ortho nitro benzene ring substituents is 1. The zero-order valence-corrected chi connectivity index (χ0v) is 22.4. The third kappa shape index (κ3) is 5.53. The number of rotatable bonds is 6. The van der Waals surface area contributed by atoms with Crippen LogP contribution in [0.3, 0.4) is 0 Å². The summed E-state index contributed by atoms with van der Waals surface area (Å²) in [6, 6.07) is 14.0. The van der Waals surface area contributed by atoms with Crippen LogP contribution in [0.1, 0.15) is 27.8 Å². The molecule has 0 aliphatic carbocycles. The molecule has 0 unspecified atom stereocenters. The molecule has 0 atom stereocenters. The van der Waals surface area contributed by atoms with Gasteiger partial charge in [0.25, 0.3) is 17.5 Å². The molecule has 1 aliphatic rings. The second-order valence-corrected chi connectivity index (χ2v) is 9.75. The number of urea groups is 1. The van der Waals surface area contributed by atoms with Crippen LogP contribution in [-0.4, -0.2) is 29.9 Å². The first-order valence-corrected chi connectivity index (χ1v) is 12.2. The lowest BCUT2D eigenvalue weighted by atomic mass is 9.98. The molecular formula is C27H22IN3O6. The average molecular weight is 611 g/mol. The fraction of sp³-hybridized carbons (Fsp3) is 0.148. The van der Waals surface area contributed by atoms with Crippen molar-refractivity contribution in [2.45, 2.75) is 20.3 Å². The van der Waals surface area contributed by atoms with Crippen LogP contribution in [0, 0.1) is 27.5 Å². The summed E-state index contributed by atoms with van der Waals surface area (Å²) < 4.78 is 6.51. The van der Waals surface area contributed by atoms with Crippen LogP contribution in [0.4, 0.5) is 16.2 Å². The second-order valence-electron chi connectivity index (χ2n) is 8.59. The first kappa shape index (κ1) is 26.0. The molecule has 1 fully saturated rings. The highest BCUT2D eigenvalue weighted by molar-refractivity contribution is 14.1. The number of aryl methyl sites for hydroxylation is 2. The van der Waals surface area contributed by atoms with E-state index in [-0.39, 0.29) is 16.9 Å². The van der Waals surface area contributed by atoms with Crippen LogP contribution in [0.5, 0.6) is 5.75 Å². The van der Waals surface area contributed by atoms with Gasteiger partial charge in [-0.15, -0.1) is 0 Å². The number of hydrogen-bond acceptors (Lipinski definition) is 6. The minimum Gasteiger partial charge on any atom is -0.496 e. The summed E-state index contributed by atoms with van der Waals surface area (Å²) in [5.41, 5.74) is 4.34. The highest BCUT2D eigenvalue weighted by Crippen LogP contribution is 2.31.